The van der Waals surface area contributed by atoms with Crippen molar-refractivity contribution in [1.29, 1.82) is 0 Å². The summed E-state index contributed by atoms with van der Waals surface area (Å²) in [4.78, 5) is 32.5. The fourth-order valence-corrected chi connectivity index (χ4v) is 6.05. The van der Waals surface area contributed by atoms with E-state index >= 15 is 0 Å². The molecule has 2 heterocycles. The van der Waals surface area contributed by atoms with E-state index in [9.17, 15) is 9.59 Å². The molecule has 2 amide bonds. The number of aryl methyl sites for hydroxylation is 2. The summed E-state index contributed by atoms with van der Waals surface area (Å²) in [5.41, 5.74) is 5.46. The van der Waals surface area contributed by atoms with Crippen LogP contribution in [0.2, 0.25) is 5.02 Å². The van der Waals surface area contributed by atoms with Crippen LogP contribution in [0.5, 0.6) is 0 Å². The molecule has 0 aliphatic carbocycles. The fraction of sp³-hybridized carbons (Fsp3) is 0.258. The second-order valence-corrected chi connectivity index (χ2v) is 11.1. The average molecular weight is 544 g/mol. The lowest BCUT2D eigenvalue weighted by molar-refractivity contribution is -0.132. The highest BCUT2D eigenvalue weighted by Gasteiger charge is 2.26. The van der Waals surface area contributed by atoms with Crippen molar-refractivity contribution in [3.8, 4) is 11.1 Å². The number of benzene rings is 3. The lowest BCUT2D eigenvalue weighted by Gasteiger charge is -2.31. The number of aromatic nitrogens is 1. The second-order valence-electron chi connectivity index (χ2n) is 9.73. The molecular formula is C31H30ClN3O2S. The Morgan fingerprint density at radius 2 is 1.82 bits per heavy atom. The van der Waals surface area contributed by atoms with Gasteiger partial charge < -0.3 is 10.2 Å². The van der Waals surface area contributed by atoms with Crippen molar-refractivity contribution < 1.29 is 9.59 Å². The number of carbonyl (C=O) groups is 2. The molecule has 4 aromatic rings. The van der Waals surface area contributed by atoms with Crippen LogP contribution in [-0.4, -0.2) is 34.8 Å². The summed E-state index contributed by atoms with van der Waals surface area (Å²) in [6.07, 6.45) is 2.88. The van der Waals surface area contributed by atoms with Crippen molar-refractivity contribution in [2.24, 2.45) is 0 Å². The minimum Gasteiger partial charge on any atom is -0.343 e. The van der Waals surface area contributed by atoms with Crippen molar-refractivity contribution in [1.82, 2.24) is 9.88 Å². The molecule has 1 aromatic heterocycles. The van der Waals surface area contributed by atoms with Crippen molar-refractivity contribution in [2.45, 2.75) is 38.5 Å². The number of anilines is 1. The molecule has 3 aromatic carbocycles. The van der Waals surface area contributed by atoms with Gasteiger partial charge in [-0.05, 0) is 61.6 Å². The number of nitrogens with one attached hydrogen (secondary N) is 1. The Labute approximate surface area is 232 Å². The Bertz CT molecular complexity index is 1430. The number of piperidine rings is 1. The van der Waals surface area contributed by atoms with E-state index in [2.05, 4.69) is 11.4 Å². The Morgan fingerprint density at radius 3 is 2.58 bits per heavy atom. The van der Waals surface area contributed by atoms with Crippen LogP contribution in [0.25, 0.3) is 11.1 Å². The van der Waals surface area contributed by atoms with Crippen LogP contribution in [0.4, 0.5) is 5.69 Å². The first-order valence-corrected chi connectivity index (χ1v) is 14.2. The average Bonchev–Trinajstić information content (AvgIpc) is 3.44. The number of rotatable bonds is 7. The quantitative estimate of drug-likeness (QED) is 0.265. The van der Waals surface area contributed by atoms with E-state index in [1.807, 2.05) is 83.9 Å². The smallest absolute Gasteiger partial charge is 0.275 e. The van der Waals surface area contributed by atoms with Gasteiger partial charge in [0.15, 0.2) is 0 Å². The highest BCUT2D eigenvalue weighted by atomic mass is 35.5. The molecule has 0 spiro atoms. The van der Waals surface area contributed by atoms with E-state index in [-0.39, 0.29) is 17.7 Å². The summed E-state index contributed by atoms with van der Waals surface area (Å²) in [6.45, 7) is 3.47. The Morgan fingerprint density at radius 1 is 1.03 bits per heavy atom. The number of halogens is 1. The van der Waals surface area contributed by atoms with E-state index < -0.39 is 0 Å². The number of hydrogen-bond acceptors (Lipinski definition) is 4. The van der Waals surface area contributed by atoms with Crippen LogP contribution in [0.3, 0.4) is 0 Å². The summed E-state index contributed by atoms with van der Waals surface area (Å²) < 4.78 is 0. The van der Waals surface area contributed by atoms with E-state index in [0.717, 1.165) is 45.8 Å². The third-order valence-electron chi connectivity index (χ3n) is 6.98. The molecule has 0 bridgehead atoms. The van der Waals surface area contributed by atoms with E-state index in [1.165, 1.54) is 11.3 Å². The van der Waals surface area contributed by atoms with Gasteiger partial charge in [0.1, 0.15) is 5.69 Å². The van der Waals surface area contributed by atoms with Crippen LogP contribution < -0.4 is 5.32 Å². The van der Waals surface area contributed by atoms with Crippen molar-refractivity contribution in [3.05, 3.63) is 105 Å². The van der Waals surface area contributed by atoms with Gasteiger partial charge in [-0.25, -0.2) is 4.98 Å². The van der Waals surface area contributed by atoms with Gasteiger partial charge in [-0.2, -0.15) is 0 Å². The largest absolute Gasteiger partial charge is 0.343 e. The first-order chi connectivity index (χ1) is 18.5. The molecule has 1 aliphatic rings. The van der Waals surface area contributed by atoms with Gasteiger partial charge >= 0.3 is 0 Å². The molecule has 194 valence electrons. The summed E-state index contributed by atoms with van der Waals surface area (Å²) in [5.74, 6) is 0.231. The van der Waals surface area contributed by atoms with Crippen LogP contribution in [0.15, 0.2) is 78.2 Å². The SMILES string of the molecule is Cc1ccc(NC(=O)c2csc(C3CCN(C(=O)CCc4cccc(Cl)c4)CC3)n2)c(-c2ccccc2)c1. The summed E-state index contributed by atoms with van der Waals surface area (Å²) >= 11 is 7.59. The minimum atomic E-state index is -0.206. The standard InChI is InChI=1S/C31H30ClN3O2S/c1-21-10-12-27(26(18-21)23-7-3-2-4-8-23)33-30(37)28-20-38-31(34-28)24-14-16-35(17-15-24)29(36)13-11-22-6-5-9-25(32)19-22/h2-10,12,18-20,24H,11,13-17H2,1H3,(H,33,37). The number of nitrogens with zero attached hydrogens (tertiary/aromatic N) is 2. The maximum atomic E-state index is 13.1. The molecule has 1 N–H and O–H groups in total. The normalized spacial score (nSPS) is 13.9. The molecule has 5 nitrogen and oxygen atoms in total. The van der Waals surface area contributed by atoms with Gasteiger partial charge in [0.05, 0.1) is 5.01 Å². The first-order valence-electron chi connectivity index (χ1n) is 12.9. The number of thiazole rings is 1. The third-order valence-corrected chi connectivity index (χ3v) is 8.22. The van der Waals surface area contributed by atoms with Crippen LogP contribution in [-0.2, 0) is 11.2 Å². The number of carbonyl (C=O) groups excluding carboxylic acids is 2. The van der Waals surface area contributed by atoms with E-state index in [1.54, 1.807) is 0 Å². The van der Waals surface area contributed by atoms with Crippen molar-refractivity contribution in [3.63, 3.8) is 0 Å². The monoisotopic (exact) mass is 543 g/mol. The van der Waals surface area contributed by atoms with Crippen LogP contribution in [0.1, 0.15) is 51.8 Å². The van der Waals surface area contributed by atoms with E-state index in [4.69, 9.17) is 16.6 Å². The van der Waals surface area contributed by atoms with Crippen molar-refractivity contribution >= 4 is 40.4 Å². The molecular weight excluding hydrogens is 514 g/mol. The molecule has 1 saturated heterocycles. The third kappa shape index (κ3) is 6.32. The summed E-state index contributed by atoms with van der Waals surface area (Å²) in [5, 5.41) is 6.57. The molecule has 1 fully saturated rings. The highest BCUT2D eigenvalue weighted by Crippen LogP contribution is 2.32. The molecule has 0 atom stereocenters. The van der Waals surface area contributed by atoms with Gasteiger partial charge in [-0.3, -0.25) is 9.59 Å². The first kappa shape index (κ1) is 26.1. The lowest BCUT2D eigenvalue weighted by atomic mass is 9.97. The van der Waals surface area contributed by atoms with Gasteiger partial charge in [0.2, 0.25) is 5.91 Å². The summed E-state index contributed by atoms with van der Waals surface area (Å²) in [6, 6.07) is 23.8. The fourth-order valence-electron chi connectivity index (χ4n) is 4.87. The Balaban J connectivity index is 1.17. The molecule has 0 radical (unpaired) electrons. The molecule has 7 heteroatoms. The minimum absolute atomic E-state index is 0.176. The molecule has 0 saturated carbocycles. The van der Waals surface area contributed by atoms with Gasteiger partial charge in [0.25, 0.3) is 5.91 Å². The van der Waals surface area contributed by atoms with Crippen LogP contribution in [0, 0.1) is 6.92 Å². The van der Waals surface area contributed by atoms with E-state index in [0.29, 0.717) is 36.6 Å². The summed E-state index contributed by atoms with van der Waals surface area (Å²) in [7, 11) is 0. The zero-order valence-corrected chi connectivity index (χ0v) is 22.9. The van der Waals surface area contributed by atoms with Gasteiger partial charge in [0, 0.05) is 47.1 Å². The molecule has 1 aliphatic heterocycles. The maximum Gasteiger partial charge on any atom is 0.275 e. The zero-order valence-electron chi connectivity index (χ0n) is 21.3. The maximum absolute atomic E-state index is 13.1. The topological polar surface area (TPSA) is 62.3 Å². The predicted molar refractivity (Wildman–Crippen MR) is 155 cm³/mol. The highest BCUT2D eigenvalue weighted by molar-refractivity contribution is 7.10. The lowest BCUT2D eigenvalue weighted by Crippen LogP contribution is -2.38. The molecule has 38 heavy (non-hydrogen) atoms. The number of hydrogen-bond donors (Lipinski definition) is 1. The Kier molecular flexibility index (Phi) is 8.20. The van der Waals surface area contributed by atoms with Gasteiger partial charge in [-0.1, -0.05) is 65.7 Å². The molecule has 0 unspecified atom stereocenters. The van der Waals surface area contributed by atoms with Gasteiger partial charge in [-0.15, -0.1) is 11.3 Å². The number of amides is 2. The number of likely N-dealkylation sites (tertiary alicyclic amines) is 1. The zero-order chi connectivity index (χ0) is 26.5. The van der Waals surface area contributed by atoms with Crippen molar-refractivity contribution in [2.75, 3.05) is 18.4 Å². The second kappa shape index (κ2) is 11.9. The van der Waals surface area contributed by atoms with Crippen LogP contribution >= 0.6 is 22.9 Å². The Hall–Kier alpha value is -3.48. The molecule has 5 rings (SSSR count). The predicted octanol–water partition coefficient (Wildman–Crippen LogP) is 7.36.